The molecule has 2 unspecified atom stereocenters. The first kappa shape index (κ1) is 12.7. The van der Waals surface area contributed by atoms with Gasteiger partial charge in [0.05, 0.1) is 11.1 Å². The van der Waals surface area contributed by atoms with Crippen LogP contribution < -0.4 is 5.32 Å². The average molecular weight is 258 g/mol. The van der Waals surface area contributed by atoms with Gasteiger partial charge in [-0.3, -0.25) is 0 Å². The summed E-state index contributed by atoms with van der Waals surface area (Å²) in [5, 5.41) is 3.54. The number of hydrogen-bond acceptors (Lipinski definition) is 2. The largest absolute Gasteiger partial charge is 0.382 e. The molecule has 2 rings (SSSR count). The highest BCUT2D eigenvalue weighted by molar-refractivity contribution is 6.31. The predicted octanol–water partition coefficient (Wildman–Crippen LogP) is 3.85. The molecule has 1 aromatic carbocycles. The third kappa shape index (κ3) is 3.33. The molecule has 0 spiro atoms. The highest BCUT2D eigenvalue weighted by Crippen LogP contribution is 2.23. The minimum atomic E-state index is -0.379. The van der Waals surface area contributed by atoms with Crippen LogP contribution in [0, 0.1) is 5.82 Å². The van der Waals surface area contributed by atoms with Crippen LogP contribution in [0.3, 0.4) is 0 Å². The first-order chi connectivity index (χ1) is 8.19. The van der Waals surface area contributed by atoms with E-state index in [1.807, 2.05) is 0 Å². The fraction of sp³-hybridized carbons (Fsp3) is 0.538. The van der Waals surface area contributed by atoms with E-state index in [2.05, 4.69) is 12.2 Å². The Morgan fingerprint density at radius 3 is 3.06 bits per heavy atom. The van der Waals surface area contributed by atoms with E-state index in [-0.39, 0.29) is 10.8 Å². The van der Waals surface area contributed by atoms with Crippen LogP contribution >= 0.6 is 11.6 Å². The minimum absolute atomic E-state index is 0.161. The van der Waals surface area contributed by atoms with Crippen molar-refractivity contribution < 1.29 is 9.13 Å². The Morgan fingerprint density at radius 2 is 2.35 bits per heavy atom. The standard InChI is InChI=1S/C13H17ClFNO/c1-2-11-7-10(5-6-17-11)16-9-3-4-13(15)12(14)8-9/h3-4,8,10-11,16H,2,5-7H2,1H3. The molecule has 0 amide bonds. The van der Waals surface area contributed by atoms with Gasteiger partial charge >= 0.3 is 0 Å². The van der Waals surface area contributed by atoms with Gasteiger partial charge in [-0.25, -0.2) is 4.39 Å². The Kier molecular flexibility index (Phi) is 4.24. The smallest absolute Gasteiger partial charge is 0.141 e. The van der Waals surface area contributed by atoms with Gasteiger partial charge in [0.2, 0.25) is 0 Å². The fourth-order valence-corrected chi connectivity index (χ4v) is 2.30. The average Bonchev–Trinajstić information content (AvgIpc) is 2.34. The van der Waals surface area contributed by atoms with Crippen molar-refractivity contribution in [2.75, 3.05) is 11.9 Å². The van der Waals surface area contributed by atoms with Crippen LogP contribution in [0.15, 0.2) is 18.2 Å². The molecule has 1 saturated heterocycles. The fourth-order valence-electron chi connectivity index (χ4n) is 2.12. The maximum Gasteiger partial charge on any atom is 0.141 e. The van der Waals surface area contributed by atoms with Crippen molar-refractivity contribution in [3.05, 3.63) is 29.0 Å². The molecule has 1 N–H and O–H groups in total. The van der Waals surface area contributed by atoms with Crippen molar-refractivity contribution in [3.8, 4) is 0 Å². The summed E-state index contributed by atoms with van der Waals surface area (Å²) >= 11 is 5.75. The van der Waals surface area contributed by atoms with Crippen LogP contribution in [0.1, 0.15) is 26.2 Å². The summed E-state index contributed by atoms with van der Waals surface area (Å²) in [6, 6.07) is 5.13. The summed E-state index contributed by atoms with van der Waals surface area (Å²) in [6.07, 6.45) is 3.33. The van der Waals surface area contributed by atoms with Gasteiger partial charge in [0.1, 0.15) is 5.82 Å². The van der Waals surface area contributed by atoms with Crippen LogP contribution in [0.5, 0.6) is 0 Å². The Morgan fingerprint density at radius 1 is 1.53 bits per heavy atom. The lowest BCUT2D eigenvalue weighted by atomic mass is 10.0. The van der Waals surface area contributed by atoms with Gasteiger partial charge in [0, 0.05) is 18.3 Å². The second-order valence-corrected chi connectivity index (χ2v) is 4.80. The Bertz CT molecular complexity index is 386. The third-order valence-electron chi connectivity index (χ3n) is 3.11. The van der Waals surface area contributed by atoms with E-state index >= 15 is 0 Å². The minimum Gasteiger partial charge on any atom is -0.382 e. The van der Waals surface area contributed by atoms with E-state index in [4.69, 9.17) is 16.3 Å². The van der Waals surface area contributed by atoms with Crippen molar-refractivity contribution in [1.29, 1.82) is 0 Å². The van der Waals surface area contributed by atoms with Crippen LogP contribution in [0.2, 0.25) is 5.02 Å². The molecule has 1 aliphatic heterocycles. The van der Waals surface area contributed by atoms with Crippen LogP contribution in [-0.4, -0.2) is 18.8 Å². The lowest BCUT2D eigenvalue weighted by molar-refractivity contribution is 0.00925. The summed E-state index contributed by atoms with van der Waals surface area (Å²) in [6.45, 7) is 2.91. The number of nitrogens with one attached hydrogen (secondary N) is 1. The zero-order chi connectivity index (χ0) is 12.3. The van der Waals surface area contributed by atoms with Gasteiger partial charge in [-0.05, 0) is 37.5 Å². The molecule has 0 aromatic heterocycles. The molecule has 0 bridgehead atoms. The molecule has 2 nitrogen and oxygen atoms in total. The first-order valence-corrected chi connectivity index (χ1v) is 6.40. The normalized spacial score (nSPS) is 24.6. The summed E-state index contributed by atoms with van der Waals surface area (Å²) < 4.78 is 18.6. The molecule has 0 saturated carbocycles. The molecular formula is C13H17ClFNO. The summed E-state index contributed by atoms with van der Waals surface area (Å²) in [5.41, 5.74) is 0.873. The number of anilines is 1. The number of hydrogen-bond donors (Lipinski definition) is 1. The molecule has 1 heterocycles. The monoisotopic (exact) mass is 257 g/mol. The van der Waals surface area contributed by atoms with Gasteiger partial charge in [-0.15, -0.1) is 0 Å². The molecule has 17 heavy (non-hydrogen) atoms. The summed E-state index contributed by atoms with van der Waals surface area (Å²) in [5.74, 6) is -0.379. The molecule has 0 aliphatic carbocycles. The molecule has 4 heteroatoms. The molecule has 94 valence electrons. The van der Waals surface area contributed by atoms with Gasteiger partial charge in [-0.2, -0.15) is 0 Å². The van der Waals surface area contributed by atoms with Gasteiger partial charge in [-0.1, -0.05) is 18.5 Å². The Hall–Kier alpha value is -0.800. The highest BCUT2D eigenvalue weighted by Gasteiger charge is 2.21. The van der Waals surface area contributed by atoms with Gasteiger partial charge < -0.3 is 10.1 Å². The Balaban J connectivity index is 1.97. The number of halogens is 2. The zero-order valence-corrected chi connectivity index (χ0v) is 10.6. The van der Waals surface area contributed by atoms with E-state index in [1.54, 1.807) is 12.1 Å². The second kappa shape index (κ2) is 5.69. The quantitative estimate of drug-likeness (QED) is 0.888. The molecule has 1 fully saturated rings. The molecule has 1 aromatic rings. The summed E-state index contributed by atoms with van der Waals surface area (Å²) in [4.78, 5) is 0. The van der Waals surface area contributed by atoms with Crippen LogP contribution in [0.4, 0.5) is 10.1 Å². The lowest BCUT2D eigenvalue weighted by Crippen LogP contribution is -2.33. The highest BCUT2D eigenvalue weighted by atomic mass is 35.5. The Labute approximate surface area is 106 Å². The van der Waals surface area contributed by atoms with Crippen LogP contribution in [0.25, 0.3) is 0 Å². The van der Waals surface area contributed by atoms with Crippen LogP contribution in [-0.2, 0) is 4.74 Å². The third-order valence-corrected chi connectivity index (χ3v) is 3.40. The number of benzene rings is 1. The van der Waals surface area contributed by atoms with E-state index in [0.717, 1.165) is 31.6 Å². The van der Waals surface area contributed by atoms with Crippen molar-refractivity contribution in [2.45, 2.75) is 38.3 Å². The molecule has 2 atom stereocenters. The molecule has 1 aliphatic rings. The molecule has 0 radical (unpaired) electrons. The first-order valence-electron chi connectivity index (χ1n) is 6.02. The zero-order valence-electron chi connectivity index (χ0n) is 9.88. The van der Waals surface area contributed by atoms with E-state index in [0.29, 0.717) is 12.1 Å². The van der Waals surface area contributed by atoms with E-state index in [1.165, 1.54) is 6.07 Å². The van der Waals surface area contributed by atoms with Crippen molar-refractivity contribution in [3.63, 3.8) is 0 Å². The molecular weight excluding hydrogens is 241 g/mol. The van der Waals surface area contributed by atoms with E-state index < -0.39 is 0 Å². The van der Waals surface area contributed by atoms with Gasteiger partial charge in [0.15, 0.2) is 0 Å². The SMILES string of the molecule is CCC1CC(Nc2ccc(F)c(Cl)c2)CCO1. The topological polar surface area (TPSA) is 21.3 Å². The maximum absolute atomic E-state index is 13.0. The lowest BCUT2D eigenvalue weighted by Gasteiger charge is -2.30. The summed E-state index contributed by atoms with van der Waals surface area (Å²) in [7, 11) is 0. The van der Waals surface area contributed by atoms with Crippen molar-refractivity contribution in [1.82, 2.24) is 0 Å². The maximum atomic E-state index is 13.0. The second-order valence-electron chi connectivity index (χ2n) is 4.40. The predicted molar refractivity (Wildman–Crippen MR) is 68.1 cm³/mol. The van der Waals surface area contributed by atoms with Crippen molar-refractivity contribution in [2.24, 2.45) is 0 Å². The number of ether oxygens (including phenoxy) is 1. The van der Waals surface area contributed by atoms with E-state index in [9.17, 15) is 4.39 Å². The van der Waals surface area contributed by atoms with Gasteiger partial charge in [0.25, 0.3) is 0 Å². The van der Waals surface area contributed by atoms with Crippen molar-refractivity contribution >= 4 is 17.3 Å². The number of rotatable bonds is 3.